The van der Waals surface area contributed by atoms with Gasteiger partial charge < -0.3 is 15.3 Å². The highest BCUT2D eigenvalue weighted by Crippen LogP contribution is 2.21. The predicted octanol–water partition coefficient (Wildman–Crippen LogP) is 2.81. The zero-order valence-corrected chi connectivity index (χ0v) is 16.1. The van der Waals surface area contributed by atoms with E-state index in [4.69, 9.17) is 5.11 Å². The number of rotatable bonds is 10. The molecule has 1 saturated heterocycles. The van der Waals surface area contributed by atoms with Crippen molar-refractivity contribution in [1.82, 2.24) is 10.2 Å². The Morgan fingerprint density at radius 3 is 2.40 bits per heavy atom. The maximum Gasteiger partial charge on any atom is 0.304 e. The van der Waals surface area contributed by atoms with Crippen molar-refractivity contribution in [2.24, 2.45) is 11.8 Å². The minimum Gasteiger partial charge on any atom is -0.481 e. The van der Waals surface area contributed by atoms with E-state index in [1.165, 1.54) is 0 Å². The van der Waals surface area contributed by atoms with Gasteiger partial charge in [0.15, 0.2) is 0 Å². The van der Waals surface area contributed by atoms with Gasteiger partial charge in [-0.05, 0) is 32.1 Å². The molecule has 0 bridgehead atoms. The molecule has 1 fully saturated rings. The number of nitrogens with zero attached hydrogens (tertiary/aromatic N) is 1. The van der Waals surface area contributed by atoms with E-state index >= 15 is 0 Å². The summed E-state index contributed by atoms with van der Waals surface area (Å²) in [5.41, 5.74) is 0. The van der Waals surface area contributed by atoms with Gasteiger partial charge in [0.05, 0.1) is 6.42 Å². The van der Waals surface area contributed by atoms with Crippen molar-refractivity contribution in [1.29, 1.82) is 0 Å². The molecule has 3 unspecified atom stereocenters. The minimum absolute atomic E-state index is 0.0367. The van der Waals surface area contributed by atoms with E-state index < -0.39 is 17.9 Å². The first-order valence-corrected chi connectivity index (χ1v) is 9.60. The highest BCUT2D eigenvalue weighted by Gasteiger charge is 2.34. The lowest BCUT2D eigenvalue weighted by Crippen LogP contribution is -2.53. The second-order valence-corrected chi connectivity index (χ2v) is 7.54. The quantitative estimate of drug-likeness (QED) is 0.591. The number of nitrogens with one attached hydrogen (secondary N) is 1. The summed E-state index contributed by atoms with van der Waals surface area (Å²) in [4.78, 5) is 38.4. The minimum atomic E-state index is -0.975. The van der Waals surface area contributed by atoms with Crippen molar-refractivity contribution in [3.05, 3.63) is 0 Å². The monoisotopic (exact) mass is 354 g/mol. The number of carboxylic acid groups (broad SMARTS) is 1. The third kappa shape index (κ3) is 6.67. The molecule has 0 aromatic heterocycles. The van der Waals surface area contributed by atoms with Crippen LogP contribution in [0.3, 0.4) is 0 Å². The highest BCUT2D eigenvalue weighted by molar-refractivity contribution is 5.90. The fourth-order valence-electron chi connectivity index (χ4n) is 3.40. The summed E-state index contributed by atoms with van der Waals surface area (Å²) in [5, 5.41) is 11.9. The van der Waals surface area contributed by atoms with E-state index in [-0.39, 0.29) is 30.2 Å². The number of carboxylic acids is 1. The van der Waals surface area contributed by atoms with Gasteiger partial charge in [0.1, 0.15) is 6.04 Å². The van der Waals surface area contributed by atoms with Crippen LogP contribution in [0, 0.1) is 11.8 Å². The smallest absolute Gasteiger partial charge is 0.304 e. The molecular weight excluding hydrogens is 320 g/mol. The van der Waals surface area contributed by atoms with Gasteiger partial charge in [0, 0.05) is 18.5 Å². The second-order valence-electron chi connectivity index (χ2n) is 7.54. The summed E-state index contributed by atoms with van der Waals surface area (Å²) in [6.45, 7) is 8.65. The van der Waals surface area contributed by atoms with Crippen LogP contribution in [-0.4, -0.2) is 46.4 Å². The largest absolute Gasteiger partial charge is 0.481 e. The van der Waals surface area contributed by atoms with E-state index in [0.717, 1.165) is 38.6 Å². The zero-order chi connectivity index (χ0) is 19.0. The SMILES string of the molecule is CCCCCC(CC(=O)O)C(=O)NC(C(=O)N1CCCC1C)C(C)C. The third-order valence-electron chi connectivity index (χ3n) is 5.01. The molecule has 0 aliphatic carbocycles. The van der Waals surface area contributed by atoms with Crippen LogP contribution >= 0.6 is 0 Å². The maximum atomic E-state index is 12.8. The Hall–Kier alpha value is -1.59. The highest BCUT2D eigenvalue weighted by atomic mass is 16.4. The predicted molar refractivity (Wildman–Crippen MR) is 97.1 cm³/mol. The third-order valence-corrected chi connectivity index (χ3v) is 5.01. The molecule has 144 valence electrons. The summed E-state index contributed by atoms with van der Waals surface area (Å²) in [7, 11) is 0. The maximum absolute atomic E-state index is 12.8. The number of carbonyl (C=O) groups is 3. The molecule has 1 rings (SSSR count). The van der Waals surface area contributed by atoms with Gasteiger partial charge >= 0.3 is 5.97 Å². The van der Waals surface area contributed by atoms with Crippen LogP contribution in [0.25, 0.3) is 0 Å². The average Bonchev–Trinajstić information content (AvgIpc) is 2.96. The molecule has 1 aliphatic rings. The molecule has 6 nitrogen and oxygen atoms in total. The van der Waals surface area contributed by atoms with E-state index in [1.54, 1.807) is 0 Å². The Morgan fingerprint density at radius 2 is 1.92 bits per heavy atom. The van der Waals surface area contributed by atoms with Crippen molar-refractivity contribution >= 4 is 17.8 Å². The van der Waals surface area contributed by atoms with Gasteiger partial charge in [-0.2, -0.15) is 0 Å². The van der Waals surface area contributed by atoms with Gasteiger partial charge in [-0.25, -0.2) is 0 Å². The van der Waals surface area contributed by atoms with Crippen LogP contribution in [-0.2, 0) is 14.4 Å². The van der Waals surface area contributed by atoms with Crippen LogP contribution in [0.4, 0.5) is 0 Å². The first kappa shape index (κ1) is 21.5. The molecule has 0 spiro atoms. The Balaban J connectivity index is 2.77. The molecule has 6 heteroatoms. The molecule has 2 N–H and O–H groups in total. The van der Waals surface area contributed by atoms with Crippen LogP contribution in [0.5, 0.6) is 0 Å². The summed E-state index contributed by atoms with van der Waals surface area (Å²) >= 11 is 0. The Labute approximate surface area is 151 Å². The van der Waals surface area contributed by atoms with Crippen molar-refractivity contribution in [3.63, 3.8) is 0 Å². The molecular formula is C19H34N2O4. The number of unbranched alkanes of at least 4 members (excludes halogenated alkanes) is 2. The summed E-state index contributed by atoms with van der Waals surface area (Å²) in [6, 6.07) is -0.388. The topological polar surface area (TPSA) is 86.7 Å². The van der Waals surface area contributed by atoms with Crippen LogP contribution in [0.2, 0.25) is 0 Å². The fraction of sp³-hybridized carbons (Fsp3) is 0.842. The molecule has 0 aromatic carbocycles. The molecule has 0 aromatic rings. The Kier molecular flexibility index (Phi) is 8.93. The van der Waals surface area contributed by atoms with Gasteiger partial charge in [0.2, 0.25) is 11.8 Å². The number of hydrogen-bond donors (Lipinski definition) is 2. The number of hydrogen-bond acceptors (Lipinski definition) is 3. The lowest BCUT2D eigenvalue weighted by molar-refractivity contribution is -0.142. The Morgan fingerprint density at radius 1 is 1.24 bits per heavy atom. The average molecular weight is 354 g/mol. The first-order chi connectivity index (χ1) is 11.8. The first-order valence-electron chi connectivity index (χ1n) is 9.60. The molecule has 25 heavy (non-hydrogen) atoms. The van der Waals surface area contributed by atoms with E-state index in [2.05, 4.69) is 12.2 Å². The van der Waals surface area contributed by atoms with Gasteiger partial charge in [0.25, 0.3) is 0 Å². The van der Waals surface area contributed by atoms with Crippen LogP contribution in [0.1, 0.15) is 72.6 Å². The summed E-state index contributed by atoms with van der Waals surface area (Å²) in [6.07, 6.45) is 5.15. The van der Waals surface area contributed by atoms with Gasteiger partial charge in [-0.15, -0.1) is 0 Å². The Bertz CT molecular complexity index is 464. The number of carbonyl (C=O) groups excluding carboxylic acids is 2. The molecule has 2 amide bonds. The van der Waals surface area contributed by atoms with Crippen molar-refractivity contribution in [2.75, 3.05) is 6.54 Å². The van der Waals surface area contributed by atoms with E-state index in [0.29, 0.717) is 6.42 Å². The normalized spacial score (nSPS) is 19.7. The van der Waals surface area contributed by atoms with Crippen LogP contribution in [0.15, 0.2) is 0 Å². The lowest BCUT2D eigenvalue weighted by atomic mass is 9.95. The molecule has 1 aliphatic heterocycles. The molecule has 0 radical (unpaired) electrons. The van der Waals surface area contributed by atoms with Gasteiger partial charge in [-0.3, -0.25) is 14.4 Å². The number of aliphatic carboxylic acids is 1. The molecule has 1 heterocycles. The number of likely N-dealkylation sites (tertiary alicyclic amines) is 1. The standard InChI is InChI=1S/C19H34N2O4/c1-5-6-7-10-15(12-16(22)23)18(24)20-17(13(2)3)19(25)21-11-8-9-14(21)4/h13-15,17H,5-12H2,1-4H3,(H,20,24)(H,22,23). The van der Waals surface area contributed by atoms with Gasteiger partial charge in [-0.1, -0.05) is 40.0 Å². The van der Waals surface area contributed by atoms with E-state index in [1.807, 2.05) is 25.7 Å². The summed E-state index contributed by atoms with van der Waals surface area (Å²) in [5.74, 6) is -1.94. The van der Waals surface area contributed by atoms with E-state index in [9.17, 15) is 14.4 Å². The van der Waals surface area contributed by atoms with Crippen molar-refractivity contribution in [3.8, 4) is 0 Å². The van der Waals surface area contributed by atoms with Crippen molar-refractivity contribution in [2.45, 2.75) is 84.7 Å². The summed E-state index contributed by atoms with van der Waals surface area (Å²) < 4.78 is 0. The lowest BCUT2D eigenvalue weighted by Gasteiger charge is -2.30. The fourth-order valence-corrected chi connectivity index (χ4v) is 3.40. The van der Waals surface area contributed by atoms with Crippen LogP contribution < -0.4 is 5.32 Å². The second kappa shape index (κ2) is 10.4. The molecule has 0 saturated carbocycles. The van der Waals surface area contributed by atoms with Crippen molar-refractivity contribution < 1.29 is 19.5 Å². The zero-order valence-electron chi connectivity index (χ0n) is 16.1. The molecule has 3 atom stereocenters. The number of amides is 2.